The zero-order valence-electron chi connectivity index (χ0n) is 16.0. The van der Waals surface area contributed by atoms with Crippen molar-refractivity contribution < 1.29 is 14.0 Å². The SMILES string of the molecule is O=C(CCc1csc(NC(=O)c2ccc(F)cc2)n1)Nc1nc(-c2cccnc2)cs1. The Morgan fingerprint density at radius 3 is 2.52 bits per heavy atom. The third kappa shape index (κ3) is 5.56. The van der Waals surface area contributed by atoms with Gasteiger partial charge in [0, 0.05) is 40.7 Å². The summed E-state index contributed by atoms with van der Waals surface area (Å²) in [5, 5.41) is 10.1. The number of benzene rings is 1. The van der Waals surface area contributed by atoms with E-state index < -0.39 is 5.82 Å². The molecule has 0 unspecified atom stereocenters. The van der Waals surface area contributed by atoms with Crippen LogP contribution in [0, 0.1) is 5.82 Å². The fourth-order valence-electron chi connectivity index (χ4n) is 2.65. The standard InChI is InChI=1S/C21H16FN5O2S2/c22-15-5-3-13(4-6-15)19(29)27-20-24-16(11-30-20)7-8-18(28)26-21-25-17(12-31-21)14-2-1-9-23-10-14/h1-6,9-12H,7-8H2,(H,24,27,29)(H,25,26,28). The van der Waals surface area contributed by atoms with Crippen molar-refractivity contribution in [1.29, 1.82) is 0 Å². The molecule has 2 amide bonds. The number of pyridine rings is 1. The van der Waals surface area contributed by atoms with Gasteiger partial charge in [0.2, 0.25) is 5.91 Å². The van der Waals surface area contributed by atoms with Crippen LogP contribution in [-0.2, 0) is 11.2 Å². The van der Waals surface area contributed by atoms with Crippen molar-refractivity contribution in [2.45, 2.75) is 12.8 Å². The number of amides is 2. The van der Waals surface area contributed by atoms with Crippen LogP contribution in [0.5, 0.6) is 0 Å². The van der Waals surface area contributed by atoms with Crippen LogP contribution in [0.15, 0.2) is 59.6 Å². The molecule has 4 aromatic rings. The molecule has 0 saturated carbocycles. The Kier molecular flexibility index (Phi) is 6.39. The fourth-order valence-corrected chi connectivity index (χ4v) is 4.13. The molecule has 2 N–H and O–H groups in total. The number of aromatic nitrogens is 3. The molecule has 4 rings (SSSR count). The van der Waals surface area contributed by atoms with E-state index in [4.69, 9.17) is 0 Å². The number of carbonyl (C=O) groups excluding carboxylic acids is 2. The molecule has 3 heterocycles. The minimum absolute atomic E-state index is 0.169. The Labute approximate surface area is 185 Å². The lowest BCUT2D eigenvalue weighted by Crippen LogP contribution is -2.13. The molecule has 0 aliphatic carbocycles. The minimum atomic E-state index is -0.405. The van der Waals surface area contributed by atoms with Crippen molar-refractivity contribution in [1.82, 2.24) is 15.0 Å². The Balaban J connectivity index is 1.27. The highest BCUT2D eigenvalue weighted by molar-refractivity contribution is 7.14. The summed E-state index contributed by atoms with van der Waals surface area (Å²) in [6.45, 7) is 0. The topological polar surface area (TPSA) is 96.9 Å². The lowest BCUT2D eigenvalue weighted by Gasteiger charge is -2.02. The van der Waals surface area contributed by atoms with Gasteiger partial charge in [-0.1, -0.05) is 0 Å². The second-order valence-electron chi connectivity index (χ2n) is 6.43. The molecular formula is C21H16FN5O2S2. The second-order valence-corrected chi connectivity index (χ2v) is 8.15. The predicted molar refractivity (Wildman–Crippen MR) is 119 cm³/mol. The van der Waals surface area contributed by atoms with Crippen LogP contribution in [0.4, 0.5) is 14.7 Å². The molecular weight excluding hydrogens is 437 g/mol. The van der Waals surface area contributed by atoms with Crippen LogP contribution in [0.3, 0.4) is 0 Å². The average molecular weight is 454 g/mol. The summed E-state index contributed by atoms with van der Waals surface area (Å²) in [7, 11) is 0. The van der Waals surface area contributed by atoms with E-state index in [2.05, 4.69) is 25.6 Å². The molecule has 7 nitrogen and oxygen atoms in total. The van der Waals surface area contributed by atoms with Gasteiger partial charge >= 0.3 is 0 Å². The van der Waals surface area contributed by atoms with Crippen LogP contribution in [-0.4, -0.2) is 26.8 Å². The van der Waals surface area contributed by atoms with E-state index in [0.717, 1.165) is 11.3 Å². The van der Waals surface area contributed by atoms with Gasteiger partial charge in [0.05, 0.1) is 11.4 Å². The normalized spacial score (nSPS) is 10.6. The van der Waals surface area contributed by atoms with Gasteiger partial charge in [-0.25, -0.2) is 14.4 Å². The molecule has 10 heteroatoms. The Morgan fingerprint density at radius 2 is 1.74 bits per heavy atom. The van der Waals surface area contributed by atoms with Gasteiger partial charge in [-0.15, -0.1) is 22.7 Å². The van der Waals surface area contributed by atoms with E-state index in [9.17, 15) is 14.0 Å². The summed E-state index contributed by atoms with van der Waals surface area (Å²) in [5.74, 6) is -0.943. The Hall–Kier alpha value is -3.50. The Bertz CT molecular complexity index is 1190. The zero-order valence-corrected chi connectivity index (χ0v) is 17.7. The number of thiazole rings is 2. The summed E-state index contributed by atoms with van der Waals surface area (Å²) in [6.07, 6.45) is 4.07. The lowest BCUT2D eigenvalue weighted by atomic mass is 10.2. The van der Waals surface area contributed by atoms with Crippen molar-refractivity contribution in [3.05, 3.63) is 76.6 Å². The summed E-state index contributed by atoms with van der Waals surface area (Å²) in [6, 6.07) is 9.00. The average Bonchev–Trinajstić information content (AvgIpc) is 3.43. The molecule has 0 radical (unpaired) electrons. The van der Waals surface area contributed by atoms with Gasteiger partial charge in [0.25, 0.3) is 5.91 Å². The summed E-state index contributed by atoms with van der Waals surface area (Å²) in [4.78, 5) is 37.2. The highest BCUT2D eigenvalue weighted by atomic mass is 32.1. The number of carbonyl (C=O) groups is 2. The van der Waals surface area contributed by atoms with E-state index in [1.807, 2.05) is 17.5 Å². The lowest BCUT2D eigenvalue weighted by molar-refractivity contribution is -0.116. The maximum atomic E-state index is 13.0. The van der Waals surface area contributed by atoms with Crippen LogP contribution in [0.25, 0.3) is 11.3 Å². The van der Waals surface area contributed by atoms with Crippen LogP contribution >= 0.6 is 22.7 Å². The number of anilines is 2. The first-order chi connectivity index (χ1) is 15.1. The minimum Gasteiger partial charge on any atom is -0.302 e. The summed E-state index contributed by atoms with van der Waals surface area (Å²) < 4.78 is 13.0. The van der Waals surface area contributed by atoms with E-state index >= 15 is 0 Å². The first-order valence-corrected chi connectivity index (χ1v) is 11.0. The molecule has 0 bridgehead atoms. The third-order valence-corrected chi connectivity index (χ3v) is 5.76. The Morgan fingerprint density at radius 1 is 0.968 bits per heavy atom. The molecule has 0 atom stereocenters. The second kappa shape index (κ2) is 9.54. The predicted octanol–water partition coefficient (Wildman–Crippen LogP) is 4.62. The molecule has 0 aliphatic heterocycles. The maximum absolute atomic E-state index is 13.0. The number of halogens is 1. The van der Waals surface area contributed by atoms with Crippen molar-refractivity contribution in [3.8, 4) is 11.3 Å². The fraction of sp³-hybridized carbons (Fsp3) is 0.0952. The van der Waals surface area contributed by atoms with Crippen molar-refractivity contribution in [2.24, 2.45) is 0 Å². The van der Waals surface area contributed by atoms with E-state index in [-0.39, 0.29) is 18.2 Å². The number of aryl methyl sites for hydroxylation is 1. The van der Waals surface area contributed by atoms with E-state index in [0.29, 0.717) is 27.9 Å². The molecule has 0 saturated heterocycles. The summed E-state index contributed by atoms with van der Waals surface area (Å²) >= 11 is 2.62. The smallest absolute Gasteiger partial charge is 0.257 e. The number of rotatable bonds is 7. The van der Waals surface area contributed by atoms with Gasteiger partial charge in [-0.05, 0) is 42.8 Å². The molecule has 3 aromatic heterocycles. The first-order valence-electron chi connectivity index (χ1n) is 9.24. The van der Waals surface area contributed by atoms with Crippen molar-refractivity contribution in [3.63, 3.8) is 0 Å². The molecule has 1 aromatic carbocycles. The number of nitrogens with zero attached hydrogens (tertiary/aromatic N) is 3. The third-order valence-electron chi connectivity index (χ3n) is 4.19. The molecule has 0 aliphatic rings. The van der Waals surface area contributed by atoms with Crippen molar-refractivity contribution in [2.75, 3.05) is 10.6 Å². The number of hydrogen-bond donors (Lipinski definition) is 2. The van der Waals surface area contributed by atoms with Crippen LogP contribution < -0.4 is 10.6 Å². The van der Waals surface area contributed by atoms with Gasteiger partial charge < -0.3 is 5.32 Å². The van der Waals surface area contributed by atoms with Crippen LogP contribution in [0.2, 0.25) is 0 Å². The number of nitrogens with one attached hydrogen (secondary N) is 2. The molecule has 156 valence electrons. The molecule has 0 fully saturated rings. The van der Waals surface area contributed by atoms with Crippen LogP contribution in [0.1, 0.15) is 22.5 Å². The highest BCUT2D eigenvalue weighted by Crippen LogP contribution is 2.24. The highest BCUT2D eigenvalue weighted by Gasteiger charge is 2.12. The van der Waals surface area contributed by atoms with Gasteiger partial charge in [-0.3, -0.25) is 19.9 Å². The molecule has 31 heavy (non-hydrogen) atoms. The maximum Gasteiger partial charge on any atom is 0.257 e. The van der Waals surface area contributed by atoms with Gasteiger partial charge in [0.15, 0.2) is 10.3 Å². The first kappa shape index (κ1) is 20.8. The molecule has 0 spiro atoms. The van der Waals surface area contributed by atoms with E-state index in [1.165, 1.54) is 46.9 Å². The monoisotopic (exact) mass is 453 g/mol. The zero-order chi connectivity index (χ0) is 21.6. The summed E-state index contributed by atoms with van der Waals surface area (Å²) in [5.41, 5.74) is 2.68. The van der Waals surface area contributed by atoms with Crippen molar-refractivity contribution >= 4 is 44.8 Å². The van der Waals surface area contributed by atoms with E-state index in [1.54, 1.807) is 17.8 Å². The van der Waals surface area contributed by atoms with Gasteiger partial charge in [-0.2, -0.15) is 0 Å². The quantitative estimate of drug-likeness (QED) is 0.425. The van der Waals surface area contributed by atoms with Gasteiger partial charge in [0.1, 0.15) is 5.82 Å². The number of hydrogen-bond acceptors (Lipinski definition) is 7. The largest absolute Gasteiger partial charge is 0.302 e.